The van der Waals surface area contributed by atoms with Crippen LogP contribution >= 0.6 is 0 Å². The van der Waals surface area contributed by atoms with Gasteiger partial charge in [0.15, 0.2) is 5.76 Å². The van der Waals surface area contributed by atoms with E-state index in [1.165, 1.54) is 11.9 Å². The monoisotopic (exact) mass is 591 g/mol. The van der Waals surface area contributed by atoms with Crippen LogP contribution < -0.4 is 16.0 Å². The van der Waals surface area contributed by atoms with E-state index in [0.717, 1.165) is 11.3 Å². The number of amides is 4. The van der Waals surface area contributed by atoms with Crippen LogP contribution in [0.1, 0.15) is 38.5 Å². The highest BCUT2D eigenvalue weighted by molar-refractivity contribution is 5.94. The summed E-state index contributed by atoms with van der Waals surface area (Å²) in [5.41, 5.74) is 1.62. The van der Waals surface area contributed by atoms with Gasteiger partial charge in [-0.15, -0.1) is 0 Å². The number of likely N-dealkylation sites (N-methyl/N-ethyl adjacent to an activating group) is 1. The summed E-state index contributed by atoms with van der Waals surface area (Å²) >= 11 is 0. The van der Waals surface area contributed by atoms with Gasteiger partial charge in [0, 0.05) is 32.8 Å². The maximum atomic E-state index is 13.6. The van der Waals surface area contributed by atoms with Gasteiger partial charge in [0.2, 0.25) is 23.6 Å². The van der Waals surface area contributed by atoms with Gasteiger partial charge in [0.1, 0.15) is 29.6 Å². The van der Waals surface area contributed by atoms with Crippen LogP contribution in [-0.2, 0) is 32.1 Å². The summed E-state index contributed by atoms with van der Waals surface area (Å²) in [4.78, 5) is 56.7. The molecule has 0 saturated carbocycles. The molecule has 0 unspecified atom stereocenters. The molecule has 4 N–H and O–H groups in total. The molecule has 0 aliphatic carbocycles. The highest BCUT2D eigenvalue weighted by Gasteiger charge is 2.32. The minimum atomic E-state index is -0.866. The second-order valence-corrected chi connectivity index (χ2v) is 11.4. The molecule has 1 saturated heterocycles. The minimum Gasteiger partial charge on any atom is -0.458 e. The minimum absolute atomic E-state index is 0.0261. The van der Waals surface area contributed by atoms with E-state index in [0.29, 0.717) is 31.0 Å². The fraction of sp³-hybridized carbons (Fsp3) is 0.452. The Balaban J connectivity index is 1.58. The van der Waals surface area contributed by atoms with Gasteiger partial charge < -0.3 is 25.3 Å². The standard InChI is InChI=1S/C31H41N7O5/c1-20(2)16-26-31(42)37(4)21(3)29(40)35-25(17-22-8-6-5-7-9-22)30(41)32-14-15-38(19-28(39)34-26)18-23-10-11-27(43-23)24-12-13-33-36-24/h5-13,20-21,25-26H,14-19H2,1-4H3,(H,32,41)(H,33,36)(H,34,39)(H,35,40)/t21-,25-,26-/m0/s1. The van der Waals surface area contributed by atoms with Crippen molar-refractivity contribution >= 4 is 23.6 Å². The van der Waals surface area contributed by atoms with E-state index in [2.05, 4.69) is 26.1 Å². The van der Waals surface area contributed by atoms with Crippen LogP contribution in [0.4, 0.5) is 0 Å². The Morgan fingerprint density at radius 2 is 1.74 bits per heavy atom. The molecule has 0 radical (unpaired) electrons. The second-order valence-electron chi connectivity index (χ2n) is 11.4. The average Bonchev–Trinajstić information content (AvgIpc) is 3.67. The molecule has 3 heterocycles. The van der Waals surface area contributed by atoms with E-state index in [-0.39, 0.29) is 43.1 Å². The summed E-state index contributed by atoms with van der Waals surface area (Å²) in [6.07, 6.45) is 2.32. The number of nitrogens with one attached hydrogen (secondary N) is 4. The number of hydrogen-bond donors (Lipinski definition) is 4. The Labute approximate surface area is 251 Å². The molecule has 4 rings (SSSR count). The topological polar surface area (TPSA) is 153 Å². The predicted octanol–water partition coefficient (Wildman–Crippen LogP) is 1.71. The van der Waals surface area contributed by atoms with Crippen LogP contribution in [0.3, 0.4) is 0 Å². The molecule has 1 fully saturated rings. The third kappa shape index (κ3) is 8.77. The second kappa shape index (κ2) is 14.6. The number of aromatic nitrogens is 2. The van der Waals surface area contributed by atoms with Crippen LogP contribution in [0, 0.1) is 5.92 Å². The zero-order valence-corrected chi connectivity index (χ0v) is 25.1. The van der Waals surface area contributed by atoms with Crippen molar-refractivity contribution in [3.63, 3.8) is 0 Å². The van der Waals surface area contributed by atoms with Crippen molar-refractivity contribution in [2.24, 2.45) is 5.92 Å². The summed E-state index contributed by atoms with van der Waals surface area (Å²) in [5, 5.41) is 15.5. The molecule has 1 aromatic carbocycles. The van der Waals surface area contributed by atoms with Crippen LogP contribution in [0.5, 0.6) is 0 Å². The highest BCUT2D eigenvalue weighted by Crippen LogP contribution is 2.20. The molecule has 12 nitrogen and oxygen atoms in total. The molecule has 1 aliphatic rings. The summed E-state index contributed by atoms with van der Waals surface area (Å²) in [7, 11) is 1.54. The molecule has 0 spiro atoms. The van der Waals surface area contributed by atoms with E-state index >= 15 is 0 Å². The van der Waals surface area contributed by atoms with E-state index in [4.69, 9.17) is 4.42 Å². The van der Waals surface area contributed by atoms with E-state index < -0.39 is 24.0 Å². The molecular weight excluding hydrogens is 550 g/mol. The van der Waals surface area contributed by atoms with Gasteiger partial charge in [-0.25, -0.2) is 0 Å². The first-order chi connectivity index (χ1) is 20.6. The van der Waals surface area contributed by atoms with Crippen LogP contribution in [0.2, 0.25) is 0 Å². The Hall–Kier alpha value is -4.45. The average molecular weight is 592 g/mol. The van der Waals surface area contributed by atoms with Crippen molar-refractivity contribution < 1.29 is 23.6 Å². The maximum Gasteiger partial charge on any atom is 0.245 e. The number of furan rings is 1. The van der Waals surface area contributed by atoms with Gasteiger partial charge in [0.25, 0.3) is 0 Å². The zero-order valence-electron chi connectivity index (χ0n) is 25.1. The molecule has 43 heavy (non-hydrogen) atoms. The quantitative estimate of drug-likeness (QED) is 0.326. The first-order valence-corrected chi connectivity index (χ1v) is 14.6. The Bertz CT molecular complexity index is 1370. The molecule has 2 aromatic heterocycles. The van der Waals surface area contributed by atoms with Crippen LogP contribution in [0.25, 0.3) is 11.5 Å². The molecule has 3 atom stereocenters. The molecule has 1 aliphatic heterocycles. The molecule has 12 heteroatoms. The van der Waals surface area contributed by atoms with Gasteiger partial charge in [-0.3, -0.25) is 29.2 Å². The number of benzene rings is 1. The fourth-order valence-electron chi connectivity index (χ4n) is 5.00. The smallest absolute Gasteiger partial charge is 0.245 e. The molecule has 4 amide bonds. The number of rotatable bonds is 7. The number of hydrogen-bond acceptors (Lipinski definition) is 7. The molecule has 3 aromatic rings. The number of nitrogens with zero attached hydrogens (tertiary/aromatic N) is 3. The Morgan fingerprint density at radius 3 is 2.44 bits per heavy atom. The van der Waals surface area contributed by atoms with Gasteiger partial charge in [-0.1, -0.05) is 44.2 Å². The Kier molecular flexibility index (Phi) is 10.7. The van der Waals surface area contributed by atoms with Crippen molar-refractivity contribution in [2.75, 3.05) is 26.7 Å². The summed E-state index contributed by atoms with van der Waals surface area (Å²) in [6, 6.07) is 12.3. The third-order valence-electron chi connectivity index (χ3n) is 7.47. The van der Waals surface area contributed by atoms with Crippen LogP contribution in [0.15, 0.2) is 59.1 Å². The third-order valence-corrected chi connectivity index (χ3v) is 7.47. The maximum absolute atomic E-state index is 13.6. The first-order valence-electron chi connectivity index (χ1n) is 14.6. The van der Waals surface area contributed by atoms with Crippen molar-refractivity contribution in [2.45, 2.75) is 58.3 Å². The number of H-pyrrole nitrogens is 1. The SMILES string of the molecule is CC(C)C[C@@H]1NC(=O)CN(Cc2ccc(-c3ccn[nH]3)o2)CCNC(=O)[C@H](Cc2ccccc2)NC(=O)[C@H](C)N(C)C1=O. The van der Waals surface area contributed by atoms with Crippen LogP contribution in [-0.4, -0.2) is 88.4 Å². The van der Waals surface area contributed by atoms with E-state index in [9.17, 15) is 19.2 Å². The lowest BCUT2D eigenvalue weighted by Gasteiger charge is -2.30. The lowest BCUT2D eigenvalue weighted by Crippen LogP contribution is -2.56. The summed E-state index contributed by atoms with van der Waals surface area (Å²) in [5.74, 6) is -0.162. The zero-order chi connectivity index (χ0) is 30.9. The lowest BCUT2D eigenvalue weighted by molar-refractivity contribution is -0.142. The fourth-order valence-corrected chi connectivity index (χ4v) is 5.00. The van der Waals surface area contributed by atoms with Crippen molar-refractivity contribution in [3.8, 4) is 11.5 Å². The van der Waals surface area contributed by atoms with E-state index in [1.54, 1.807) is 19.2 Å². The normalized spacial score (nSPS) is 21.6. The molecule has 0 bridgehead atoms. The number of carbonyl (C=O) groups excluding carboxylic acids is 4. The lowest BCUT2D eigenvalue weighted by atomic mass is 10.0. The van der Waals surface area contributed by atoms with Gasteiger partial charge >= 0.3 is 0 Å². The first kappa shape index (κ1) is 31.5. The highest BCUT2D eigenvalue weighted by atomic mass is 16.3. The van der Waals surface area contributed by atoms with Gasteiger partial charge in [0.05, 0.1) is 13.1 Å². The molecule has 230 valence electrons. The largest absolute Gasteiger partial charge is 0.458 e. The summed E-state index contributed by atoms with van der Waals surface area (Å²) < 4.78 is 5.98. The van der Waals surface area contributed by atoms with Gasteiger partial charge in [-0.05, 0) is 43.0 Å². The number of carbonyl (C=O) groups is 4. The molecular formula is C31H41N7O5. The van der Waals surface area contributed by atoms with Gasteiger partial charge in [-0.2, -0.15) is 5.10 Å². The van der Waals surface area contributed by atoms with Crippen molar-refractivity contribution in [1.82, 2.24) is 35.9 Å². The number of aromatic amines is 1. The summed E-state index contributed by atoms with van der Waals surface area (Å²) in [6.45, 7) is 6.37. The van der Waals surface area contributed by atoms with Crippen molar-refractivity contribution in [1.29, 1.82) is 0 Å². The predicted molar refractivity (Wildman–Crippen MR) is 160 cm³/mol. The van der Waals surface area contributed by atoms with E-state index in [1.807, 2.05) is 61.2 Å². The Morgan fingerprint density at radius 1 is 0.977 bits per heavy atom. The van der Waals surface area contributed by atoms with Crippen molar-refractivity contribution in [3.05, 3.63) is 66.1 Å².